The molecule has 2 aromatic rings. The first-order chi connectivity index (χ1) is 8.41. The van der Waals surface area contributed by atoms with E-state index in [0.717, 1.165) is 4.68 Å². The van der Waals surface area contributed by atoms with Crippen molar-refractivity contribution in [2.75, 3.05) is 5.73 Å². The minimum atomic E-state index is -2.95. The number of hydrogen-bond acceptors (Lipinski definition) is 3. The molecule has 0 fully saturated rings. The molecule has 0 aliphatic heterocycles. The van der Waals surface area contributed by atoms with Gasteiger partial charge < -0.3 is 5.73 Å². The predicted octanol–water partition coefficient (Wildman–Crippen LogP) is 1.97. The lowest BCUT2D eigenvalue weighted by Crippen LogP contribution is -2.25. The van der Waals surface area contributed by atoms with Crippen LogP contribution in [-0.4, -0.2) is 14.3 Å². The number of nitrogens with zero attached hydrogens (tertiary/aromatic N) is 3. The second-order valence-electron chi connectivity index (χ2n) is 3.60. The summed E-state index contributed by atoms with van der Waals surface area (Å²) in [5.74, 6) is -0.103. The summed E-state index contributed by atoms with van der Waals surface area (Å²) in [6.07, 6.45) is 0. The van der Waals surface area contributed by atoms with Gasteiger partial charge in [0, 0.05) is 5.69 Å². The van der Waals surface area contributed by atoms with Gasteiger partial charge in [0.2, 0.25) is 0 Å². The molecule has 1 aromatic carbocycles. The number of alkyl halides is 2. The molecule has 96 valence electrons. The first-order valence-corrected chi connectivity index (χ1v) is 5.31. The Morgan fingerprint density at radius 2 is 2.11 bits per heavy atom. The minimum Gasteiger partial charge on any atom is -0.399 e. The average molecular weight is 275 g/mol. The number of benzene rings is 1. The molecule has 2 N–H and O–H groups in total. The number of halogens is 3. The summed E-state index contributed by atoms with van der Waals surface area (Å²) in [4.78, 5) is 11.8. The maximum atomic E-state index is 12.6. The van der Waals surface area contributed by atoms with E-state index in [1.807, 2.05) is 0 Å². The molecule has 1 aromatic heterocycles. The molecule has 1 heterocycles. The maximum absolute atomic E-state index is 12.6. The minimum absolute atomic E-state index is 0.103. The van der Waals surface area contributed by atoms with Gasteiger partial charge in [0.25, 0.3) is 0 Å². The molecule has 0 saturated heterocycles. The van der Waals surface area contributed by atoms with E-state index in [4.69, 9.17) is 17.3 Å². The van der Waals surface area contributed by atoms with Gasteiger partial charge in [-0.15, -0.1) is 5.10 Å². The Morgan fingerprint density at radius 3 is 2.67 bits per heavy atom. The smallest absolute Gasteiger partial charge is 0.355 e. The fourth-order valence-corrected chi connectivity index (χ4v) is 1.75. The number of nitrogen functional groups attached to an aromatic ring is 1. The Hall–Kier alpha value is -1.89. The van der Waals surface area contributed by atoms with Gasteiger partial charge in [-0.25, -0.2) is 9.36 Å². The monoisotopic (exact) mass is 274 g/mol. The molecule has 0 aliphatic rings. The van der Waals surface area contributed by atoms with E-state index in [1.165, 1.54) is 25.1 Å². The molecule has 2 rings (SSSR count). The van der Waals surface area contributed by atoms with E-state index in [9.17, 15) is 13.6 Å². The van der Waals surface area contributed by atoms with Crippen molar-refractivity contribution in [3.63, 3.8) is 0 Å². The van der Waals surface area contributed by atoms with Gasteiger partial charge in [-0.05, 0) is 25.1 Å². The van der Waals surface area contributed by atoms with E-state index in [2.05, 4.69) is 5.10 Å². The molecule has 0 spiro atoms. The van der Waals surface area contributed by atoms with Gasteiger partial charge in [-0.1, -0.05) is 11.6 Å². The van der Waals surface area contributed by atoms with E-state index in [0.29, 0.717) is 5.69 Å². The van der Waals surface area contributed by atoms with Crippen molar-refractivity contribution in [1.82, 2.24) is 14.3 Å². The van der Waals surface area contributed by atoms with Crippen molar-refractivity contribution >= 4 is 17.3 Å². The van der Waals surface area contributed by atoms with Gasteiger partial charge in [0.05, 0.1) is 10.7 Å². The van der Waals surface area contributed by atoms with Crippen LogP contribution in [-0.2, 0) is 0 Å². The second kappa shape index (κ2) is 4.41. The number of nitrogens with two attached hydrogens (primary N) is 1. The van der Waals surface area contributed by atoms with Crippen LogP contribution >= 0.6 is 11.6 Å². The van der Waals surface area contributed by atoms with Gasteiger partial charge in [0.1, 0.15) is 5.82 Å². The predicted molar refractivity (Wildman–Crippen MR) is 63.2 cm³/mol. The molecule has 0 saturated carbocycles. The zero-order valence-corrected chi connectivity index (χ0v) is 10.0. The molecule has 0 bridgehead atoms. The standard InChI is InChI=1S/C10H9ClF2N4O/c1-5-15-17(10(18)16(5)9(12)13)8-4-6(14)2-3-7(8)11/h2-4,9H,14H2,1H3. The first kappa shape index (κ1) is 12.6. The lowest BCUT2D eigenvalue weighted by atomic mass is 10.3. The van der Waals surface area contributed by atoms with Crippen molar-refractivity contribution in [1.29, 1.82) is 0 Å². The van der Waals surface area contributed by atoms with Crippen LogP contribution in [0.4, 0.5) is 14.5 Å². The maximum Gasteiger partial charge on any atom is 0.355 e. The summed E-state index contributed by atoms with van der Waals surface area (Å²) in [6, 6.07) is 4.40. The Morgan fingerprint density at radius 1 is 1.44 bits per heavy atom. The molecule has 8 heteroatoms. The van der Waals surface area contributed by atoms with E-state index < -0.39 is 12.2 Å². The summed E-state index contributed by atoms with van der Waals surface area (Å²) < 4.78 is 26.4. The fourth-order valence-electron chi connectivity index (χ4n) is 1.55. The molecule has 0 atom stereocenters. The first-order valence-electron chi connectivity index (χ1n) is 4.93. The normalized spacial score (nSPS) is 11.2. The van der Waals surface area contributed by atoms with Crippen LogP contribution in [0, 0.1) is 6.92 Å². The van der Waals surface area contributed by atoms with Crippen LogP contribution in [0.15, 0.2) is 23.0 Å². The number of aryl methyl sites for hydroxylation is 1. The Kier molecular flexibility index (Phi) is 3.08. The van der Waals surface area contributed by atoms with Crippen LogP contribution in [0.2, 0.25) is 5.02 Å². The van der Waals surface area contributed by atoms with Gasteiger partial charge >= 0.3 is 12.2 Å². The third-order valence-electron chi connectivity index (χ3n) is 2.37. The Bertz CT molecular complexity index is 650. The zero-order chi connectivity index (χ0) is 13.4. The third kappa shape index (κ3) is 1.97. The molecular formula is C10H9ClF2N4O. The van der Waals surface area contributed by atoms with Gasteiger partial charge in [0.15, 0.2) is 0 Å². The summed E-state index contributed by atoms with van der Waals surface area (Å²) in [5.41, 5.74) is 5.12. The molecule has 18 heavy (non-hydrogen) atoms. The highest BCUT2D eigenvalue weighted by molar-refractivity contribution is 6.32. The van der Waals surface area contributed by atoms with E-state index in [-0.39, 0.29) is 21.1 Å². The number of aromatic nitrogens is 3. The molecule has 0 radical (unpaired) electrons. The van der Waals surface area contributed by atoms with Crippen LogP contribution in [0.1, 0.15) is 12.4 Å². The Labute approximate surface area is 105 Å². The molecule has 0 unspecified atom stereocenters. The van der Waals surface area contributed by atoms with E-state index >= 15 is 0 Å². The highest BCUT2D eigenvalue weighted by Crippen LogP contribution is 2.22. The lowest BCUT2D eigenvalue weighted by molar-refractivity contribution is 0.0640. The largest absolute Gasteiger partial charge is 0.399 e. The van der Waals surface area contributed by atoms with Crippen molar-refractivity contribution in [2.24, 2.45) is 0 Å². The summed E-state index contributed by atoms with van der Waals surface area (Å²) in [5, 5.41) is 3.95. The van der Waals surface area contributed by atoms with Crippen molar-refractivity contribution in [3.8, 4) is 5.69 Å². The van der Waals surface area contributed by atoms with Crippen molar-refractivity contribution in [2.45, 2.75) is 13.5 Å². The summed E-state index contributed by atoms with van der Waals surface area (Å²) in [6.45, 7) is -1.64. The lowest BCUT2D eigenvalue weighted by Gasteiger charge is -2.03. The Balaban J connectivity index is 2.69. The average Bonchev–Trinajstić information content (AvgIpc) is 2.57. The zero-order valence-electron chi connectivity index (χ0n) is 9.27. The summed E-state index contributed by atoms with van der Waals surface area (Å²) in [7, 11) is 0. The molecule has 5 nitrogen and oxygen atoms in total. The fraction of sp³-hybridized carbons (Fsp3) is 0.200. The third-order valence-corrected chi connectivity index (χ3v) is 2.69. The quantitative estimate of drug-likeness (QED) is 0.852. The summed E-state index contributed by atoms with van der Waals surface area (Å²) >= 11 is 5.89. The SMILES string of the molecule is Cc1nn(-c2cc(N)ccc2Cl)c(=O)n1C(F)F. The van der Waals surface area contributed by atoms with Crippen LogP contribution < -0.4 is 11.4 Å². The highest BCUT2D eigenvalue weighted by Gasteiger charge is 2.19. The van der Waals surface area contributed by atoms with Gasteiger partial charge in [-0.2, -0.15) is 13.5 Å². The number of anilines is 1. The van der Waals surface area contributed by atoms with Crippen LogP contribution in [0.5, 0.6) is 0 Å². The molecular weight excluding hydrogens is 266 g/mol. The number of hydrogen-bond donors (Lipinski definition) is 1. The van der Waals surface area contributed by atoms with Crippen LogP contribution in [0.3, 0.4) is 0 Å². The highest BCUT2D eigenvalue weighted by atomic mass is 35.5. The van der Waals surface area contributed by atoms with Crippen molar-refractivity contribution < 1.29 is 8.78 Å². The second-order valence-corrected chi connectivity index (χ2v) is 4.01. The van der Waals surface area contributed by atoms with Gasteiger partial charge in [-0.3, -0.25) is 0 Å². The van der Waals surface area contributed by atoms with E-state index in [1.54, 1.807) is 0 Å². The number of rotatable bonds is 2. The molecule has 0 amide bonds. The molecule has 0 aliphatic carbocycles. The topological polar surface area (TPSA) is 65.8 Å². The van der Waals surface area contributed by atoms with Crippen molar-refractivity contribution in [3.05, 3.63) is 39.5 Å². The van der Waals surface area contributed by atoms with Crippen LogP contribution in [0.25, 0.3) is 5.69 Å².